The van der Waals surface area contributed by atoms with E-state index in [1.54, 1.807) is 11.3 Å². The summed E-state index contributed by atoms with van der Waals surface area (Å²) in [7, 11) is 0. The van der Waals surface area contributed by atoms with Gasteiger partial charge in [0.15, 0.2) is 0 Å². The Bertz CT molecular complexity index is 407. The highest BCUT2D eigenvalue weighted by atomic mass is 35.5. The first kappa shape index (κ1) is 15.5. The Morgan fingerprint density at radius 1 is 1.61 bits per heavy atom. The van der Waals surface area contributed by atoms with Crippen LogP contribution in [0.15, 0.2) is 12.1 Å². The molecule has 0 radical (unpaired) electrons. The van der Waals surface area contributed by atoms with Gasteiger partial charge in [-0.25, -0.2) is 0 Å². The van der Waals surface area contributed by atoms with Gasteiger partial charge in [0.1, 0.15) is 0 Å². The highest BCUT2D eigenvalue weighted by Crippen LogP contribution is 2.36. The van der Waals surface area contributed by atoms with Crippen molar-refractivity contribution in [1.82, 2.24) is 4.90 Å². The predicted octanol–water partition coefficient (Wildman–Crippen LogP) is 2.74. The number of nitrogens with two attached hydrogens (primary N) is 1. The third kappa shape index (κ3) is 3.05. The molecule has 2 unspecified atom stereocenters. The minimum Gasteiger partial charge on any atom is -0.335 e. The number of amides is 1. The van der Waals surface area contributed by atoms with Crippen LogP contribution in [0.2, 0.25) is 0 Å². The van der Waals surface area contributed by atoms with Crippen LogP contribution in [0.25, 0.3) is 0 Å². The SMILES string of the molecule is Cc1ccc(C2CCCN2C(=O)C(C)CN)s1.Cl. The Balaban J connectivity index is 0.00000162. The van der Waals surface area contributed by atoms with Crippen molar-refractivity contribution in [1.29, 1.82) is 0 Å². The van der Waals surface area contributed by atoms with Crippen LogP contribution in [0.3, 0.4) is 0 Å². The molecule has 1 amide bonds. The number of hydrogen-bond donors (Lipinski definition) is 1. The molecule has 5 heteroatoms. The smallest absolute Gasteiger partial charge is 0.227 e. The van der Waals surface area contributed by atoms with Crippen molar-refractivity contribution < 1.29 is 4.79 Å². The van der Waals surface area contributed by atoms with Crippen LogP contribution in [0.1, 0.15) is 35.6 Å². The van der Waals surface area contributed by atoms with Gasteiger partial charge in [-0.3, -0.25) is 4.79 Å². The Morgan fingerprint density at radius 3 is 2.89 bits per heavy atom. The van der Waals surface area contributed by atoms with Crippen molar-refractivity contribution in [2.24, 2.45) is 11.7 Å². The normalized spacial score (nSPS) is 20.6. The highest BCUT2D eigenvalue weighted by Gasteiger charge is 2.32. The van der Waals surface area contributed by atoms with E-state index < -0.39 is 0 Å². The Kier molecular flexibility index (Phi) is 5.63. The topological polar surface area (TPSA) is 46.3 Å². The molecule has 3 nitrogen and oxygen atoms in total. The summed E-state index contributed by atoms with van der Waals surface area (Å²) in [5.41, 5.74) is 5.58. The molecule has 1 aromatic rings. The van der Waals surface area contributed by atoms with Crippen LogP contribution in [0.4, 0.5) is 0 Å². The lowest BCUT2D eigenvalue weighted by Gasteiger charge is -2.26. The van der Waals surface area contributed by atoms with E-state index in [2.05, 4.69) is 19.1 Å². The maximum Gasteiger partial charge on any atom is 0.227 e. The number of thiophene rings is 1. The predicted molar refractivity (Wildman–Crippen MR) is 78.2 cm³/mol. The van der Waals surface area contributed by atoms with Crippen molar-refractivity contribution in [3.05, 3.63) is 21.9 Å². The van der Waals surface area contributed by atoms with E-state index in [-0.39, 0.29) is 30.3 Å². The van der Waals surface area contributed by atoms with Crippen molar-refractivity contribution in [3.63, 3.8) is 0 Å². The Labute approximate surface area is 119 Å². The first-order chi connectivity index (χ1) is 8.13. The molecule has 0 aliphatic carbocycles. The number of aryl methyl sites for hydroxylation is 1. The first-order valence-corrected chi connectivity index (χ1v) is 7.02. The largest absolute Gasteiger partial charge is 0.335 e. The zero-order chi connectivity index (χ0) is 12.4. The summed E-state index contributed by atoms with van der Waals surface area (Å²) in [4.78, 5) is 16.9. The zero-order valence-electron chi connectivity index (χ0n) is 10.9. The number of hydrogen-bond acceptors (Lipinski definition) is 3. The summed E-state index contributed by atoms with van der Waals surface area (Å²) in [5, 5.41) is 0. The molecular formula is C13H21ClN2OS. The monoisotopic (exact) mass is 288 g/mol. The molecule has 2 N–H and O–H groups in total. The average Bonchev–Trinajstić information content (AvgIpc) is 2.94. The molecule has 0 saturated carbocycles. The highest BCUT2D eigenvalue weighted by molar-refractivity contribution is 7.12. The summed E-state index contributed by atoms with van der Waals surface area (Å²) in [6.45, 7) is 5.34. The maximum atomic E-state index is 12.2. The summed E-state index contributed by atoms with van der Waals surface area (Å²) in [6.07, 6.45) is 2.19. The minimum atomic E-state index is -0.0586. The van der Waals surface area contributed by atoms with Crippen LogP contribution in [0.5, 0.6) is 0 Å². The standard InChI is InChI=1S/C13H20N2OS.ClH/c1-9(8-14)13(16)15-7-3-4-11(15)12-6-5-10(2)17-12;/h5-6,9,11H,3-4,7-8,14H2,1-2H3;1H. The second-order valence-corrected chi connectivity index (χ2v) is 6.09. The summed E-state index contributed by atoms with van der Waals surface area (Å²) in [6, 6.07) is 4.58. The number of nitrogens with zero attached hydrogens (tertiary/aromatic N) is 1. The maximum absolute atomic E-state index is 12.2. The van der Waals surface area contributed by atoms with Gasteiger partial charge in [0.2, 0.25) is 5.91 Å². The number of carbonyl (C=O) groups is 1. The molecule has 1 fully saturated rings. The molecule has 2 rings (SSSR count). The lowest BCUT2D eigenvalue weighted by Crippen LogP contribution is -2.37. The summed E-state index contributed by atoms with van der Waals surface area (Å²) >= 11 is 1.80. The molecule has 1 aliphatic rings. The number of halogens is 1. The minimum absolute atomic E-state index is 0. The molecule has 1 aromatic heterocycles. The third-order valence-electron chi connectivity index (χ3n) is 3.40. The van der Waals surface area contributed by atoms with Gasteiger partial charge < -0.3 is 10.6 Å². The fourth-order valence-electron chi connectivity index (χ4n) is 2.34. The zero-order valence-corrected chi connectivity index (χ0v) is 12.5. The molecule has 2 atom stereocenters. The second kappa shape index (κ2) is 6.55. The van der Waals surface area contributed by atoms with Crippen molar-refractivity contribution in [2.45, 2.75) is 32.7 Å². The van der Waals surface area contributed by atoms with E-state index >= 15 is 0 Å². The van der Waals surface area contributed by atoms with Crippen LogP contribution < -0.4 is 5.73 Å². The quantitative estimate of drug-likeness (QED) is 0.930. The third-order valence-corrected chi connectivity index (χ3v) is 4.50. The molecular weight excluding hydrogens is 268 g/mol. The number of carbonyl (C=O) groups excluding carboxylic acids is 1. The lowest BCUT2D eigenvalue weighted by atomic mass is 10.1. The van der Waals surface area contributed by atoms with Crippen LogP contribution in [-0.4, -0.2) is 23.9 Å². The second-order valence-electron chi connectivity index (χ2n) is 4.77. The van der Waals surface area contributed by atoms with Crippen molar-refractivity contribution >= 4 is 29.7 Å². The molecule has 18 heavy (non-hydrogen) atoms. The van der Waals surface area contributed by atoms with E-state index in [0.717, 1.165) is 19.4 Å². The van der Waals surface area contributed by atoms with Gasteiger partial charge in [0.25, 0.3) is 0 Å². The van der Waals surface area contributed by atoms with Gasteiger partial charge in [-0.1, -0.05) is 6.92 Å². The first-order valence-electron chi connectivity index (χ1n) is 6.20. The molecule has 0 bridgehead atoms. The molecule has 0 spiro atoms. The van der Waals surface area contributed by atoms with Crippen LogP contribution in [0, 0.1) is 12.8 Å². The molecule has 102 valence electrons. The van der Waals surface area contributed by atoms with E-state index in [9.17, 15) is 4.79 Å². The summed E-state index contributed by atoms with van der Waals surface area (Å²) < 4.78 is 0. The number of likely N-dealkylation sites (tertiary alicyclic amines) is 1. The van der Waals surface area contributed by atoms with Crippen molar-refractivity contribution in [3.8, 4) is 0 Å². The Hall–Kier alpha value is -0.580. The number of rotatable bonds is 3. The van der Waals surface area contributed by atoms with Gasteiger partial charge in [-0.2, -0.15) is 0 Å². The molecule has 1 saturated heterocycles. The average molecular weight is 289 g/mol. The molecule has 0 aromatic carbocycles. The van der Waals surface area contributed by atoms with Gasteiger partial charge in [0, 0.05) is 28.8 Å². The van der Waals surface area contributed by atoms with E-state index in [0.29, 0.717) is 6.54 Å². The fourth-order valence-corrected chi connectivity index (χ4v) is 3.37. The molecule has 2 heterocycles. The van der Waals surface area contributed by atoms with Gasteiger partial charge >= 0.3 is 0 Å². The van der Waals surface area contributed by atoms with Gasteiger partial charge in [-0.15, -0.1) is 23.7 Å². The Morgan fingerprint density at radius 2 is 2.33 bits per heavy atom. The van der Waals surface area contributed by atoms with Crippen LogP contribution >= 0.6 is 23.7 Å². The lowest BCUT2D eigenvalue weighted by molar-refractivity contribution is -0.135. The van der Waals surface area contributed by atoms with Gasteiger partial charge in [-0.05, 0) is 31.9 Å². The molecule has 1 aliphatic heterocycles. The van der Waals surface area contributed by atoms with E-state index in [4.69, 9.17) is 5.73 Å². The van der Waals surface area contributed by atoms with Crippen LogP contribution in [-0.2, 0) is 4.79 Å². The van der Waals surface area contributed by atoms with E-state index in [1.165, 1.54) is 9.75 Å². The van der Waals surface area contributed by atoms with Gasteiger partial charge in [0.05, 0.1) is 6.04 Å². The summed E-state index contributed by atoms with van der Waals surface area (Å²) in [5.74, 6) is 0.151. The van der Waals surface area contributed by atoms with Crippen molar-refractivity contribution in [2.75, 3.05) is 13.1 Å². The van der Waals surface area contributed by atoms with E-state index in [1.807, 2.05) is 11.8 Å². The fraction of sp³-hybridized carbons (Fsp3) is 0.615.